The maximum Gasteiger partial charge on any atom is 0.263 e. The molecule has 7 heteroatoms. The quantitative estimate of drug-likeness (QED) is 0.415. The third-order valence-electron chi connectivity index (χ3n) is 5.68. The summed E-state index contributed by atoms with van der Waals surface area (Å²) in [4.78, 5) is 22.3. The Hall–Kier alpha value is -3.51. The molecule has 5 rings (SSSR count). The molecular formula is C24H20ClN5O. The Labute approximate surface area is 183 Å². The molecule has 0 atom stereocenters. The first-order valence-electron chi connectivity index (χ1n) is 9.99. The number of rotatable bonds is 3. The van der Waals surface area contributed by atoms with Gasteiger partial charge in [0, 0.05) is 5.69 Å². The predicted molar refractivity (Wildman–Crippen MR) is 123 cm³/mol. The van der Waals surface area contributed by atoms with Gasteiger partial charge in [-0.3, -0.25) is 9.36 Å². The van der Waals surface area contributed by atoms with Crippen molar-refractivity contribution in [3.8, 4) is 5.69 Å². The number of pyridine rings is 1. The molecule has 0 unspecified atom stereocenters. The van der Waals surface area contributed by atoms with Crippen molar-refractivity contribution in [1.29, 1.82) is 0 Å². The first-order valence-corrected chi connectivity index (χ1v) is 10.4. The molecule has 0 bridgehead atoms. The van der Waals surface area contributed by atoms with Gasteiger partial charge in [-0.2, -0.15) is 5.10 Å². The first-order chi connectivity index (χ1) is 15.0. The molecule has 0 radical (unpaired) electrons. The van der Waals surface area contributed by atoms with Gasteiger partial charge in [0.05, 0.1) is 28.7 Å². The Morgan fingerprint density at radius 1 is 0.935 bits per heavy atom. The molecule has 3 heterocycles. The smallest absolute Gasteiger partial charge is 0.263 e. The van der Waals surface area contributed by atoms with E-state index in [1.54, 1.807) is 9.25 Å². The van der Waals surface area contributed by atoms with Crippen LogP contribution < -0.4 is 5.56 Å². The number of fused-ring (bicyclic) bond motifs is 2. The van der Waals surface area contributed by atoms with Crippen LogP contribution in [0.2, 0.25) is 5.15 Å². The monoisotopic (exact) mass is 429 g/mol. The zero-order valence-corrected chi connectivity index (χ0v) is 18.2. The Kier molecular flexibility index (Phi) is 4.59. The number of hydrogen-bond donors (Lipinski definition) is 0. The highest BCUT2D eigenvalue weighted by Gasteiger charge is 2.18. The zero-order chi connectivity index (χ0) is 21.7. The molecule has 0 saturated heterocycles. The molecule has 6 nitrogen and oxygen atoms in total. The average Bonchev–Trinajstić information content (AvgIpc) is 3.05. The fourth-order valence-corrected chi connectivity index (χ4v) is 4.46. The number of nitrogens with zero attached hydrogens (tertiary/aromatic N) is 5. The lowest BCUT2D eigenvalue weighted by molar-refractivity contribution is 0.669. The Morgan fingerprint density at radius 3 is 2.52 bits per heavy atom. The number of benzene rings is 2. The minimum atomic E-state index is -0.0479. The highest BCUT2D eigenvalue weighted by molar-refractivity contribution is 6.34. The van der Waals surface area contributed by atoms with E-state index in [0.717, 1.165) is 44.4 Å². The minimum Gasteiger partial charge on any atom is -0.279 e. The number of para-hydroxylation sites is 1. The van der Waals surface area contributed by atoms with Crippen molar-refractivity contribution in [2.75, 3.05) is 0 Å². The molecule has 0 aliphatic carbocycles. The summed E-state index contributed by atoms with van der Waals surface area (Å²) in [6.07, 6.45) is 1.50. The van der Waals surface area contributed by atoms with E-state index in [1.807, 2.05) is 69.3 Å². The lowest BCUT2D eigenvalue weighted by atomic mass is 10.1. The Balaban J connectivity index is 1.82. The predicted octanol–water partition coefficient (Wildman–Crippen LogP) is 4.76. The summed E-state index contributed by atoms with van der Waals surface area (Å²) in [5.41, 5.74) is 4.98. The molecule has 3 aromatic heterocycles. The van der Waals surface area contributed by atoms with E-state index in [0.29, 0.717) is 17.3 Å². The molecule has 0 fully saturated rings. The second-order valence-electron chi connectivity index (χ2n) is 7.71. The van der Waals surface area contributed by atoms with Gasteiger partial charge in [-0.15, -0.1) is 0 Å². The van der Waals surface area contributed by atoms with Gasteiger partial charge >= 0.3 is 0 Å². The van der Waals surface area contributed by atoms with Crippen LogP contribution in [-0.2, 0) is 6.54 Å². The van der Waals surface area contributed by atoms with E-state index in [-0.39, 0.29) is 5.56 Å². The van der Waals surface area contributed by atoms with Crippen molar-refractivity contribution in [3.63, 3.8) is 0 Å². The van der Waals surface area contributed by atoms with E-state index in [2.05, 4.69) is 15.1 Å². The summed E-state index contributed by atoms with van der Waals surface area (Å²) in [7, 11) is 0. The molecule has 0 aliphatic heterocycles. The second kappa shape index (κ2) is 7.32. The van der Waals surface area contributed by atoms with E-state index >= 15 is 0 Å². The van der Waals surface area contributed by atoms with Crippen molar-refractivity contribution in [3.05, 3.63) is 92.9 Å². The highest BCUT2D eigenvalue weighted by atomic mass is 35.5. The van der Waals surface area contributed by atoms with E-state index in [9.17, 15) is 4.79 Å². The lowest BCUT2D eigenvalue weighted by Crippen LogP contribution is -2.25. The number of halogens is 1. The van der Waals surface area contributed by atoms with E-state index in [4.69, 9.17) is 11.6 Å². The van der Waals surface area contributed by atoms with Crippen LogP contribution in [0.5, 0.6) is 0 Å². The number of aryl methyl sites for hydroxylation is 3. The van der Waals surface area contributed by atoms with Crippen molar-refractivity contribution in [2.45, 2.75) is 27.3 Å². The lowest BCUT2D eigenvalue weighted by Gasteiger charge is -2.17. The molecule has 0 saturated carbocycles. The van der Waals surface area contributed by atoms with Gasteiger partial charge in [-0.05, 0) is 49.4 Å². The van der Waals surface area contributed by atoms with Crippen molar-refractivity contribution in [1.82, 2.24) is 24.3 Å². The molecule has 31 heavy (non-hydrogen) atoms. The Morgan fingerprint density at radius 2 is 1.71 bits per heavy atom. The largest absolute Gasteiger partial charge is 0.279 e. The molecule has 0 N–H and O–H groups in total. The fourth-order valence-electron chi connectivity index (χ4n) is 4.15. The summed E-state index contributed by atoms with van der Waals surface area (Å²) in [5.74, 6) is 0. The van der Waals surface area contributed by atoms with E-state index < -0.39 is 0 Å². The van der Waals surface area contributed by atoms with Gasteiger partial charge in [0.1, 0.15) is 6.33 Å². The van der Waals surface area contributed by atoms with Crippen LogP contribution in [0.4, 0.5) is 0 Å². The molecule has 2 aromatic carbocycles. The average molecular weight is 430 g/mol. The van der Waals surface area contributed by atoms with Crippen molar-refractivity contribution < 1.29 is 0 Å². The van der Waals surface area contributed by atoms with Crippen LogP contribution in [0.15, 0.2) is 59.7 Å². The third-order valence-corrected chi connectivity index (χ3v) is 5.94. The van der Waals surface area contributed by atoms with Gasteiger partial charge in [-0.25, -0.2) is 14.6 Å². The number of hydrogen-bond acceptors (Lipinski definition) is 4. The minimum absolute atomic E-state index is 0.0479. The van der Waals surface area contributed by atoms with Gasteiger partial charge in [-0.1, -0.05) is 48.0 Å². The normalized spacial score (nSPS) is 11.5. The molecule has 0 aliphatic rings. The molecular weight excluding hydrogens is 410 g/mol. The van der Waals surface area contributed by atoms with Crippen LogP contribution in [-0.4, -0.2) is 24.3 Å². The summed E-state index contributed by atoms with van der Waals surface area (Å²) >= 11 is 6.40. The van der Waals surface area contributed by atoms with Crippen molar-refractivity contribution >= 4 is 33.4 Å². The molecule has 154 valence electrons. The van der Waals surface area contributed by atoms with Crippen LogP contribution >= 0.6 is 11.6 Å². The topological polar surface area (TPSA) is 65.6 Å². The summed E-state index contributed by atoms with van der Waals surface area (Å²) in [6, 6.07) is 15.8. The first kappa shape index (κ1) is 19.5. The van der Waals surface area contributed by atoms with Crippen LogP contribution in [0, 0.1) is 20.8 Å². The Bertz CT molecular complexity index is 1530. The maximum absolute atomic E-state index is 13.7. The zero-order valence-electron chi connectivity index (χ0n) is 17.4. The van der Waals surface area contributed by atoms with Crippen LogP contribution in [0.1, 0.15) is 22.5 Å². The SMILES string of the molecule is Cc1ccccc1-n1c(Cn2nc(Cl)c3c(C)ncnc32)cc2cccc(C)c2c1=O. The summed E-state index contributed by atoms with van der Waals surface area (Å²) in [5, 5.41) is 7.20. The molecule has 0 spiro atoms. The molecule has 5 aromatic rings. The second-order valence-corrected chi connectivity index (χ2v) is 8.07. The van der Waals surface area contributed by atoms with Gasteiger partial charge in [0.15, 0.2) is 10.8 Å². The van der Waals surface area contributed by atoms with Crippen LogP contribution in [0.25, 0.3) is 27.5 Å². The van der Waals surface area contributed by atoms with E-state index in [1.165, 1.54) is 6.33 Å². The van der Waals surface area contributed by atoms with Crippen LogP contribution in [0.3, 0.4) is 0 Å². The van der Waals surface area contributed by atoms with Crippen molar-refractivity contribution in [2.24, 2.45) is 0 Å². The maximum atomic E-state index is 13.7. The fraction of sp³-hybridized carbons (Fsp3) is 0.167. The summed E-state index contributed by atoms with van der Waals surface area (Å²) in [6.45, 7) is 6.19. The van der Waals surface area contributed by atoms with Gasteiger partial charge < -0.3 is 0 Å². The number of aromatic nitrogens is 5. The van der Waals surface area contributed by atoms with Gasteiger partial charge in [0.2, 0.25) is 0 Å². The summed E-state index contributed by atoms with van der Waals surface area (Å²) < 4.78 is 3.51. The third kappa shape index (κ3) is 3.11. The highest BCUT2D eigenvalue weighted by Crippen LogP contribution is 2.26. The molecule has 0 amide bonds. The van der Waals surface area contributed by atoms with Gasteiger partial charge in [0.25, 0.3) is 5.56 Å². The standard InChI is InChI=1S/C24H20ClN5O/c1-14-7-4-5-10-19(14)30-18(11-17-9-6-8-15(2)20(17)24(30)31)12-29-23-21(22(25)28-29)16(3)26-13-27-23/h4-11,13H,12H2,1-3H3.